The summed E-state index contributed by atoms with van der Waals surface area (Å²) in [7, 11) is 0. The standard InChI is InChI=1S/C33H37Cl3N6O4/c1-19-28(38-42(26-10-9-22(35)17-24(26)36)29(19)20-5-7-21(34)8-6-20)30(43)40-16-13-27-25(18-40)37-31(44)41(27)23-11-14-39(15-12-23)32(45)46-33(2,3)4/h5-10,17,23,25,27H,11-16,18H2,1-4H3,(H,37,44). The number of nitrogens with zero attached hydrogens (tertiary/aromatic N) is 5. The lowest BCUT2D eigenvalue weighted by Crippen LogP contribution is -2.55. The molecule has 3 aliphatic heterocycles. The minimum atomic E-state index is -0.557. The van der Waals surface area contributed by atoms with Crippen LogP contribution in [0, 0.1) is 6.92 Å². The second-order valence-corrected chi connectivity index (χ2v) is 14.4. The van der Waals surface area contributed by atoms with E-state index in [-0.39, 0.29) is 36.2 Å². The van der Waals surface area contributed by atoms with Crippen LogP contribution in [-0.4, -0.2) is 92.4 Å². The van der Waals surface area contributed by atoms with Gasteiger partial charge in [-0.05, 0) is 77.3 Å². The molecule has 4 amide bonds. The lowest BCUT2D eigenvalue weighted by molar-refractivity contribution is 0.0145. The van der Waals surface area contributed by atoms with Crippen molar-refractivity contribution < 1.29 is 19.1 Å². The number of urea groups is 1. The molecule has 46 heavy (non-hydrogen) atoms. The van der Waals surface area contributed by atoms with Crippen LogP contribution in [0.3, 0.4) is 0 Å². The first-order valence-corrected chi connectivity index (χ1v) is 16.6. The lowest BCUT2D eigenvalue weighted by Gasteiger charge is -2.42. The Hall–Kier alpha value is -3.47. The summed E-state index contributed by atoms with van der Waals surface area (Å²) >= 11 is 19.0. The molecular formula is C33H37Cl3N6O4. The molecule has 2 aromatic carbocycles. The van der Waals surface area contributed by atoms with Crippen LogP contribution >= 0.6 is 34.8 Å². The number of rotatable bonds is 4. The van der Waals surface area contributed by atoms with E-state index in [1.807, 2.05) is 44.7 Å². The van der Waals surface area contributed by atoms with Gasteiger partial charge >= 0.3 is 12.1 Å². The van der Waals surface area contributed by atoms with Gasteiger partial charge in [-0.15, -0.1) is 0 Å². The predicted molar refractivity (Wildman–Crippen MR) is 178 cm³/mol. The van der Waals surface area contributed by atoms with Crippen molar-refractivity contribution in [2.75, 3.05) is 26.2 Å². The number of hydrogen-bond donors (Lipinski definition) is 1. The number of ether oxygens (including phenoxy) is 1. The summed E-state index contributed by atoms with van der Waals surface area (Å²) in [6, 6.07) is 12.1. The average molecular weight is 688 g/mol. The molecule has 2 unspecified atom stereocenters. The van der Waals surface area contributed by atoms with E-state index in [0.29, 0.717) is 77.5 Å². The lowest BCUT2D eigenvalue weighted by atomic mass is 9.95. The molecule has 3 aliphatic rings. The highest BCUT2D eigenvalue weighted by atomic mass is 35.5. The zero-order valence-corrected chi connectivity index (χ0v) is 28.5. The minimum absolute atomic E-state index is 0.0138. The number of aromatic nitrogens is 2. The monoisotopic (exact) mass is 686 g/mol. The molecule has 244 valence electrons. The highest BCUT2D eigenvalue weighted by Crippen LogP contribution is 2.35. The fraction of sp³-hybridized carbons (Fsp3) is 0.455. The largest absolute Gasteiger partial charge is 0.444 e. The number of nitrogens with one attached hydrogen (secondary N) is 1. The van der Waals surface area contributed by atoms with E-state index in [4.69, 9.17) is 44.6 Å². The Morgan fingerprint density at radius 2 is 1.59 bits per heavy atom. The van der Waals surface area contributed by atoms with E-state index < -0.39 is 5.60 Å². The third kappa shape index (κ3) is 6.39. The summed E-state index contributed by atoms with van der Waals surface area (Å²) in [5, 5.41) is 9.41. The fourth-order valence-electron chi connectivity index (χ4n) is 6.70. The molecule has 0 radical (unpaired) electrons. The number of halogens is 3. The number of piperidine rings is 2. The number of fused-ring (bicyclic) bond motifs is 1. The molecule has 0 aliphatic carbocycles. The molecule has 6 rings (SSSR count). The first-order chi connectivity index (χ1) is 21.8. The smallest absolute Gasteiger partial charge is 0.410 e. The van der Waals surface area contributed by atoms with E-state index in [0.717, 1.165) is 11.3 Å². The van der Waals surface area contributed by atoms with Crippen molar-refractivity contribution >= 4 is 52.8 Å². The second kappa shape index (κ2) is 12.6. The molecule has 1 N–H and O–H groups in total. The summed E-state index contributed by atoms with van der Waals surface area (Å²) in [5.74, 6) is -0.214. The highest BCUT2D eigenvalue weighted by molar-refractivity contribution is 6.35. The molecule has 13 heteroatoms. The number of amides is 4. The van der Waals surface area contributed by atoms with E-state index in [1.54, 1.807) is 44.8 Å². The van der Waals surface area contributed by atoms with E-state index >= 15 is 0 Å². The van der Waals surface area contributed by atoms with Crippen molar-refractivity contribution in [2.24, 2.45) is 0 Å². The zero-order valence-electron chi connectivity index (χ0n) is 26.2. The van der Waals surface area contributed by atoms with Crippen molar-refractivity contribution in [3.05, 3.63) is 68.8 Å². The normalized spacial score (nSPS) is 20.5. The van der Waals surface area contributed by atoms with Crippen LogP contribution in [0.4, 0.5) is 9.59 Å². The van der Waals surface area contributed by atoms with Gasteiger partial charge in [0.2, 0.25) is 0 Å². The molecular weight excluding hydrogens is 651 g/mol. The minimum Gasteiger partial charge on any atom is -0.444 e. The molecule has 0 bridgehead atoms. The van der Waals surface area contributed by atoms with Crippen molar-refractivity contribution in [3.8, 4) is 16.9 Å². The molecule has 1 aromatic heterocycles. The summed E-state index contributed by atoms with van der Waals surface area (Å²) in [4.78, 5) is 45.3. The van der Waals surface area contributed by atoms with E-state index in [2.05, 4.69) is 5.32 Å². The van der Waals surface area contributed by atoms with Gasteiger partial charge in [0.1, 0.15) is 5.60 Å². The van der Waals surface area contributed by atoms with Gasteiger partial charge in [0.15, 0.2) is 5.69 Å². The van der Waals surface area contributed by atoms with Crippen molar-refractivity contribution in [1.82, 2.24) is 29.8 Å². The van der Waals surface area contributed by atoms with Crippen LogP contribution in [0.15, 0.2) is 42.5 Å². The number of likely N-dealkylation sites (tertiary alicyclic amines) is 2. The molecule has 3 fully saturated rings. The van der Waals surface area contributed by atoms with Crippen LogP contribution in [0.5, 0.6) is 0 Å². The highest BCUT2D eigenvalue weighted by Gasteiger charge is 2.47. The fourth-order valence-corrected chi connectivity index (χ4v) is 7.31. The molecule has 2 atom stereocenters. The first kappa shape index (κ1) is 32.5. The molecule has 0 saturated carbocycles. The topological polar surface area (TPSA) is 100 Å². The first-order valence-electron chi connectivity index (χ1n) is 15.5. The Morgan fingerprint density at radius 3 is 2.24 bits per heavy atom. The Bertz CT molecular complexity index is 1660. The Morgan fingerprint density at radius 1 is 0.935 bits per heavy atom. The molecule has 10 nitrogen and oxygen atoms in total. The van der Waals surface area contributed by atoms with Crippen molar-refractivity contribution in [2.45, 2.75) is 70.7 Å². The summed E-state index contributed by atoms with van der Waals surface area (Å²) in [5.41, 5.74) is 2.60. The average Bonchev–Trinajstić information content (AvgIpc) is 3.51. The summed E-state index contributed by atoms with van der Waals surface area (Å²) in [6.07, 6.45) is 1.66. The molecule has 3 aromatic rings. The van der Waals surface area contributed by atoms with Gasteiger partial charge in [-0.2, -0.15) is 5.10 Å². The van der Waals surface area contributed by atoms with Crippen LogP contribution in [0.2, 0.25) is 15.1 Å². The van der Waals surface area contributed by atoms with Gasteiger partial charge in [-0.3, -0.25) is 4.79 Å². The van der Waals surface area contributed by atoms with Crippen LogP contribution in [0.25, 0.3) is 16.9 Å². The Kier molecular flexibility index (Phi) is 8.91. The van der Waals surface area contributed by atoms with E-state index in [9.17, 15) is 14.4 Å². The Labute approximate surface area is 283 Å². The second-order valence-electron chi connectivity index (χ2n) is 13.1. The molecule has 0 spiro atoms. The van der Waals surface area contributed by atoms with Gasteiger partial charge in [-0.25, -0.2) is 14.3 Å². The summed E-state index contributed by atoms with van der Waals surface area (Å²) < 4.78 is 7.21. The maximum absolute atomic E-state index is 14.1. The van der Waals surface area contributed by atoms with Crippen LogP contribution in [-0.2, 0) is 4.74 Å². The molecule has 4 heterocycles. The molecule has 3 saturated heterocycles. The van der Waals surface area contributed by atoms with Gasteiger partial charge in [0.25, 0.3) is 5.91 Å². The maximum Gasteiger partial charge on any atom is 0.410 e. The maximum atomic E-state index is 14.1. The number of hydrogen-bond acceptors (Lipinski definition) is 5. The van der Waals surface area contributed by atoms with Crippen molar-refractivity contribution in [1.29, 1.82) is 0 Å². The SMILES string of the molecule is Cc1c(C(=O)N2CCC3C(C2)NC(=O)N3C2CCN(C(=O)OC(C)(C)C)CC2)nn(-c2ccc(Cl)cc2Cl)c1-c1ccc(Cl)cc1. The summed E-state index contributed by atoms with van der Waals surface area (Å²) in [6.45, 7) is 9.33. The number of benzene rings is 2. The van der Waals surface area contributed by atoms with Crippen LogP contribution in [0.1, 0.15) is 56.1 Å². The van der Waals surface area contributed by atoms with Crippen molar-refractivity contribution in [3.63, 3.8) is 0 Å². The quantitative estimate of drug-likeness (QED) is 0.325. The zero-order chi connectivity index (χ0) is 32.9. The van der Waals surface area contributed by atoms with Gasteiger partial charge in [0.05, 0.1) is 28.5 Å². The number of carbonyl (C=O) groups is 3. The van der Waals surface area contributed by atoms with Gasteiger partial charge in [-0.1, -0.05) is 46.9 Å². The van der Waals surface area contributed by atoms with Crippen LogP contribution < -0.4 is 5.32 Å². The number of carbonyl (C=O) groups excluding carboxylic acids is 3. The van der Waals surface area contributed by atoms with E-state index in [1.165, 1.54) is 0 Å². The third-order valence-corrected chi connectivity index (χ3v) is 9.64. The predicted octanol–water partition coefficient (Wildman–Crippen LogP) is 6.82. The van der Waals surface area contributed by atoms with Gasteiger partial charge in [0, 0.05) is 53.4 Å². The third-order valence-electron chi connectivity index (χ3n) is 8.85. The Balaban J connectivity index is 1.19. The van der Waals surface area contributed by atoms with Gasteiger partial charge < -0.3 is 24.8 Å².